The van der Waals surface area contributed by atoms with Gasteiger partial charge in [0.15, 0.2) is 0 Å². The van der Waals surface area contributed by atoms with Gasteiger partial charge in [-0.15, -0.1) is 0 Å². The molecule has 0 N–H and O–H groups in total. The van der Waals surface area contributed by atoms with E-state index in [2.05, 4.69) is 20.8 Å². The third-order valence-corrected chi connectivity index (χ3v) is 3.55. The number of hydrogen-bond acceptors (Lipinski definition) is 3. The maximum absolute atomic E-state index is 11.2. The van der Waals surface area contributed by atoms with Gasteiger partial charge in [0.05, 0.1) is 19.1 Å². The minimum Gasteiger partial charge on any atom is -0.379 e. The van der Waals surface area contributed by atoms with Crippen LogP contribution in [0.5, 0.6) is 0 Å². The van der Waals surface area contributed by atoms with Gasteiger partial charge in [0.2, 0.25) is 0 Å². The Balaban J connectivity index is 2.00. The third-order valence-electron chi connectivity index (χ3n) is 3.02. The Kier molecular flexibility index (Phi) is 4.71. The highest BCUT2D eigenvalue weighted by Crippen LogP contribution is 2.18. The summed E-state index contributed by atoms with van der Waals surface area (Å²) in [7, 11) is 0. The number of ether oxygens (including phenoxy) is 1. The van der Waals surface area contributed by atoms with E-state index in [1.54, 1.807) is 0 Å². The second-order valence-corrected chi connectivity index (χ2v) is 5.12. The Labute approximate surface area is 110 Å². The van der Waals surface area contributed by atoms with Crippen LogP contribution in [0.4, 0.5) is 0 Å². The Bertz CT molecular complexity index is 360. The standard InChI is InChI=1S/C13H16BrNO2/c14-13-3-1-11(2-4-13)12(10-16)9-15-5-7-17-8-6-15/h1-4,10,12H,5-9H2. The highest BCUT2D eigenvalue weighted by molar-refractivity contribution is 9.10. The van der Waals surface area contributed by atoms with Crippen molar-refractivity contribution in [1.29, 1.82) is 0 Å². The summed E-state index contributed by atoms with van der Waals surface area (Å²) in [5.41, 5.74) is 1.08. The van der Waals surface area contributed by atoms with Gasteiger partial charge in [0.1, 0.15) is 6.29 Å². The van der Waals surface area contributed by atoms with Gasteiger partial charge >= 0.3 is 0 Å². The molecule has 0 aromatic heterocycles. The van der Waals surface area contributed by atoms with Crippen molar-refractivity contribution < 1.29 is 9.53 Å². The van der Waals surface area contributed by atoms with Gasteiger partial charge in [-0.1, -0.05) is 28.1 Å². The number of aldehydes is 1. The molecular weight excluding hydrogens is 282 g/mol. The largest absolute Gasteiger partial charge is 0.379 e. The second kappa shape index (κ2) is 6.28. The topological polar surface area (TPSA) is 29.5 Å². The number of halogens is 1. The van der Waals surface area contributed by atoms with Gasteiger partial charge in [-0.2, -0.15) is 0 Å². The molecule has 0 amide bonds. The van der Waals surface area contributed by atoms with E-state index < -0.39 is 0 Å². The van der Waals surface area contributed by atoms with Crippen molar-refractivity contribution in [3.05, 3.63) is 34.3 Å². The zero-order valence-electron chi connectivity index (χ0n) is 9.64. The van der Waals surface area contributed by atoms with Crippen LogP contribution in [0.1, 0.15) is 11.5 Å². The zero-order valence-corrected chi connectivity index (χ0v) is 11.2. The van der Waals surface area contributed by atoms with Gasteiger partial charge < -0.3 is 9.53 Å². The van der Waals surface area contributed by atoms with Crippen LogP contribution < -0.4 is 0 Å². The van der Waals surface area contributed by atoms with E-state index in [9.17, 15) is 4.79 Å². The summed E-state index contributed by atoms with van der Waals surface area (Å²) in [5.74, 6) is -0.0406. The summed E-state index contributed by atoms with van der Waals surface area (Å²) in [6, 6.07) is 7.96. The summed E-state index contributed by atoms with van der Waals surface area (Å²) in [4.78, 5) is 13.5. The third kappa shape index (κ3) is 3.63. The molecule has 1 aliphatic heterocycles. The molecule has 1 saturated heterocycles. The van der Waals surface area contributed by atoms with Gasteiger partial charge in [-0.3, -0.25) is 4.90 Å². The molecule has 1 aliphatic rings. The molecule has 4 heteroatoms. The molecule has 0 saturated carbocycles. The van der Waals surface area contributed by atoms with Crippen molar-refractivity contribution in [1.82, 2.24) is 4.90 Å². The molecular formula is C13H16BrNO2. The summed E-state index contributed by atoms with van der Waals surface area (Å²) >= 11 is 3.40. The first kappa shape index (κ1) is 12.7. The fourth-order valence-corrected chi connectivity index (χ4v) is 2.26. The van der Waals surface area contributed by atoms with Crippen molar-refractivity contribution in [2.75, 3.05) is 32.8 Å². The van der Waals surface area contributed by atoms with Crippen molar-refractivity contribution >= 4 is 22.2 Å². The lowest BCUT2D eigenvalue weighted by atomic mass is 10.00. The van der Waals surface area contributed by atoms with Crippen LogP contribution in [0.25, 0.3) is 0 Å². The number of nitrogens with zero attached hydrogens (tertiary/aromatic N) is 1. The molecule has 0 spiro atoms. The predicted octanol–water partition coefficient (Wildman–Crippen LogP) is 2.06. The highest BCUT2D eigenvalue weighted by Gasteiger charge is 2.17. The van der Waals surface area contributed by atoms with E-state index in [1.165, 1.54) is 0 Å². The molecule has 1 heterocycles. The minimum absolute atomic E-state index is 0.0406. The zero-order chi connectivity index (χ0) is 12.1. The van der Waals surface area contributed by atoms with E-state index in [0.29, 0.717) is 0 Å². The Hall–Kier alpha value is -0.710. The van der Waals surface area contributed by atoms with Crippen LogP contribution in [0.3, 0.4) is 0 Å². The minimum atomic E-state index is -0.0406. The molecule has 0 bridgehead atoms. The smallest absolute Gasteiger partial charge is 0.128 e. The van der Waals surface area contributed by atoms with Crippen LogP contribution in [0, 0.1) is 0 Å². The predicted molar refractivity (Wildman–Crippen MR) is 70.2 cm³/mol. The fourth-order valence-electron chi connectivity index (χ4n) is 2.00. The SMILES string of the molecule is O=CC(CN1CCOCC1)c1ccc(Br)cc1. The average molecular weight is 298 g/mol. The van der Waals surface area contributed by atoms with E-state index in [1.807, 2.05) is 24.3 Å². The summed E-state index contributed by atoms with van der Waals surface area (Å²) in [6.45, 7) is 4.16. The molecule has 0 aliphatic carbocycles. The van der Waals surface area contributed by atoms with E-state index in [-0.39, 0.29) is 5.92 Å². The lowest BCUT2D eigenvalue weighted by Gasteiger charge is -2.28. The number of rotatable bonds is 4. The molecule has 2 rings (SSSR count). The molecule has 1 unspecified atom stereocenters. The van der Waals surface area contributed by atoms with Gasteiger partial charge in [-0.05, 0) is 17.7 Å². The summed E-state index contributed by atoms with van der Waals surface area (Å²) < 4.78 is 6.34. The first-order valence-corrected chi connectivity index (χ1v) is 6.60. The molecule has 1 aromatic carbocycles. The van der Waals surface area contributed by atoms with E-state index in [0.717, 1.165) is 49.2 Å². The van der Waals surface area contributed by atoms with Crippen LogP contribution >= 0.6 is 15.9 Å². The van der Waals surface area contributed by atoms with Crippen LogP contribution in [-0.2, 0) is 9.53 Å². The van der Waals surface area contributed by atoms with Gasteiger partial charge in [0.25, 0.3) is 0 Å². The maximum atomic E-state index is 11.2. The second-order valence-electron chi connectivity index (χ2n) is 4.21. The van der Waals surface area contributed by atoms with Gasteiger partial charge in [-0.25, -0.2) is 0 Å². The van der Waals surface area contributed by atoms with E-state index in [4.69, 9.17) is 4.74 Å². The molecule has 3 nitrogen and oxygen atoms in total. The average Bonchev–Trinajstić information content (AvgIpc) is 2.38. The van der Waals surface area contributed by atoms with Crippen molar-refractivity contribution in [3.8, 4) is 0 Å². The lowest BCUT2D eigenvalue weighted by molar-refractivity contribution is -0.109. The van der Waals surface area contributed by atoms with Crippen molar-refractivity contribution in [2.24, 2.45) is 0 Å². The van der Waals surface area contributed by atoms with E-state index >= 15 is 0 Å². The summed E-state index contributed by atoms with van der Waals surface area (Å²) in [5, 5.41) is 0. The molecule has 17 heavy (non-hydrogen) atoms. The molecule has 0 radical (unpaired) electrons. The number of hydrogen-bond donors (Lipinski definition) is 0. The van der Waals surface area contributed by atoms with Crippen molar-refractivity contribution in [2.45, 2.75) is 5.92 Å². The van der Waals surface area contributed by atoms with Crippen molar-refractivity contribution in [3.63, 3.8) is 0 Å². The van der Waals surface area contributed by atoms with Crippen LogP contribution in [0.2, 0.25) is 0 Å². The molecule has 1 aromatic rings. The van der Waals surface area contributed by atoms with Crippen LogP contribution in [0.15, 0.2) is 28.7 Å². The number of morpholine rings is 1. The first-order chi connectivity index (χ1) is 8.29. The number of benzene rings is 1. The maximum Gasteiger partial charge on any atom is 0.128 e. The highest BCUT2D eigenvalue weighted by atomic mass is 79.9. The number of carbonyl (C=O) groups is 1. The van der Waals surface area contributed by atoms with Crippen LogP contribution in [-0.4, -0.2) is 44.0 Å². The normalized spacial score (nSPS) is 18.9. The first-order valence-electron chi connectivity index (χ1n) is 5.80. The molecule has 1 fully saturated rings. The summed E-state index contributed by atoms with van der Waals surface area (Å²) in [6.07, 6.45) is 1.04. The quantitative estimate of drug-likeness (QED) is 0.797. The van der Waals surface area contributed by atoms with Gasteiger partial charge in [0, 0.05) is 24.1 Å². The monoisotopic (exact) mass is 297 g/mol. The molecule has 1 atom stereocenters. The lowest BCUT2D eigenvalue weighted by Crippen LogP contribution is -2.39. The Morgan fingerprint density at radius 3 is 2.53 bits per heavy atom. The number of carbonyl (C=O) groups excluding carboxylic acids is 1. The molecule has 92 valence electrons. The Morgan fingerprint density at radius 1 is 1.29 bits per heavy atom. The Morgan fingerprint density at radius 2 is 1.94 bits per heavy atom. The fraction of sp³-hybridized carbons (Fsp3) is 0.462.